The lowest BCUT2D eigenvalue weighted by Crippen LogP contribution is -2.46. The Bertz CT molecular complexity index is 731. The molecule has 134 valence electrons. The highest BCUT2D eigenvalue weighted by molar-refractivity contribution is 6.74. The zero-order valence-corrected chi connectivity index (χ0v) is 16.1. The molecule has 1 aromatic heterocycles. The van der Waals surface area contributed by atoms with Crippen molar-refractivity contribution in [1.29, 1.82) is 0 Å². The van der Waals surface area contributed by atoms with E-state index in [0.29, 0.717) is 12.0 Å². The first-order valence-corrected chi connectivity index (χ1v) is 11.0. The van der Waals surface area contributed by atoms with Crippen molar-refractivity contribution in [1.82, 2.24) is 9.55 Å². The molecular formula is C16H26N2O5Si. The Balaban J connectivity index is 2.27. The van der Waals surface area contributed by atoms with Crippen LogP contribution in [-0.2, 0) is 14.0 Å². The van der Waals surface area contributed by atoms with E-state index in [-0.39, 0.29) is 5.04 Å². The molecule has 0 aromatic carbocycles. The molecule has 0 spiro atoms. The van der Waals surface area contributed by atoms with Gasteiger partial charge in [-0.25, -0.2) is 4.79 Å². The topological polar surface area (TPSA) is 90.4 Å². The van der Waals surface area contributed by atoms with Crippen LogP contribution in [0.5, 0.6) is 0 Å². The van der Waals surface area contributed by atoms with E-state index >= 15 is 0 Å². The fourth-order valence-corrected chi connectivity index (χ4v) is 3.77. The standard InChI is InChI=1S/C16H26N2O5Si/c1-10-8-18(15(21)17-14(10)20)13-7-11(12(9-19)22-13)23-24(5,6)16(2,3)4/h8-9,11-13H,7H2,1-6H3,(H,17,20,21)/t11?,12-,13-/m1/s1. The Morgan fingerprint density at radius 1 is 1.38 bits per heavy atom. The second-order valence-electron chi connectivity index (χ2n) is 7.82. The molecule has 24 heavy (non-hydrogen) atoms. The van der Waals surface area contributed by atoms with Gasteiger partial charge in [-0.3, -0.25) is 14.3 Å². The molecule has 1 aromatic rings. The second-order valence-corrected chi connectivity index (χ2v) is 12.6. The van der Waals surface area contributed by atoms with Crippen molar-refractivity contribution >= 4 is 14.6 Å². The SMILES string of the molecule is Cc1cn([C@H]2CC(O[Si](C)(C)C(C)(C)C)[C@@H](C=O)O2)c(=O)[nH]c1=O. The molecule has 3 atom stereocenters. The predicted molar refractivity (Wildman–Crippen MR) is 92.7 cm³/mol. The lowest BCUT2D eigenvalue weighted by molar-refractivity contribution is -0.122. The van der Waals surface area contributed by atoms with E-state index in [1.54, 1.807) is 6.92 Å². The van der Waals surface area contributed by atoms with Crippen molar-refractivity contribution in [2.75, 3.05) is 0 Å². The number of carbonyl (C=O) groups excluding carboxylic acids is 1. The van der Waals surface area contributed by atoms with E-state index in [0.717, 1.165) is 6.29 Å². The summed E-state index contributed by atoms with van der Waals surface area (Å²) in [5, 5.41) is 0.00390. The van der Waals surface area contributed by atoms with E-state index in [9.17, 15) is 14.4 Å². The summed E-state index contributed by atoms with van der Waals surface area (Å²) in [4.78, 5) is 37.2. The molecule has 1 unspecified atom stereocenters. The summed E-state index contributed by atoms with van der Waals surface area (Å²) in [6.45, 7) is 12.2. The minimum absolute atomic E-state index is 0.00390. The van der Waals surface area contributed by atoms with Crippen LogP contribution in [0, 0.1) is 6.92 Å². The molecule has 1 aliphatic heterocycles. The molecule has 0 saturated carbocycles. The van der Waals surface area contributed by atoms with Crippen molar-refractivity contribution in [2.45, 2.75) is 70.7 Å². The Kier molecular flexibility index (Phi) is 5.03. The highest BCUT2D eigenvalue weighted by Crippen LogP contribution is 2.40. The van der Waals surface area contributed by atoms with Gasteiger partial charge in [0.2, 0.25) is 0 Å². The summed E-state index contributed by atoms with van der Waals surface area (Å²) >= 11 is 0. The summed E-state index contributed by atoms with van der Waals surface area (Å²) in [7, 11) is -2.08. The molecule has 1 aliphatic rings. The van der Waals surface area contributed by atoms with Gasteiger partial charge in [-0.1, -0.05) is 20.8 Å². The average Bonchev–Trinajstić information content (AvgIpc) is 2.83. The highest BCUT2D eigenvalue weighted by atomic mass is 28.4. The van der Waals surface area contributed by atoms with Gasteiger partial charge in [0.15, 0.2) is 14.6 Å². The Labute approximate surface area is 142 Å². The normalized spacial score (nSPS) is 25.0. The lowest BCUT2D eigenvalue weighted by atomic mass is 10.2. The zero-order valence-electron chi connectivity index (χ0n) is 15.1. The molecule has 0 amide bonds. The minimum Gasteiger partial charge on any atom is -0.411 e. The van der Waals surface area contributed by atoms with Crippen molar-refractivity contribution in [3.8, 4) is 0 Å². The summed E-state index contributed by atoms with van der Waals surface area (Å²) in [6.07, 6.45) is 0.833. The molecule has 0 bridgehead atoms. The van der Waals surface area contributed by atoms with Gasteiger partial charge in [0.1, 0.15) is 12.3 Å². The van der Waals surface area contributed by atoms with Crippen LogP contribution in [0.3, 0.4) is 0 Å². The number of nitrogens with zero attached hydrogens (tertiary/aromatic N) is 1. The van der Waals surface area contributed by atoms with Crippen LogP contribution in [0.25, 0.3) is 0 Å². The van der Waals surface area contributed by atoms with Crippen LogP contribution in [-0.4, -0.2) is 36.4 Å². The number of H-pyrrole nitrogens is 1. The number of nitrogens with one attached hydrogen (secondary N) is 1. The maximum atomic E-state index is 12.0. The number of carbonyl (C=O) groups is 1. The number of aromatic amines is 1. The van der Waals surface area contributed by atoms with Crippen molar-refractivity contribution in [2.24, 2.45) is 0 Å². The summed E-state index contributed by atoms with van der Waals surface area (Å²) in [6, 6.07) is 0. The Morgan fingerprint density at radius 3 is 2.54 bits per heavy atom. The van der Waals surface area contributed by atoms with Gasteiger partial charge in [0.25, 0.3) is 5.56 Å². The first-order valence-electron chi connectivity index (χ1n) is 8.07. The fourth-order valence-electron chi connectivity index (χ4n) is 2.43. The number of aromatic nitrogens is 2. The number of hydrogen-bond donors (Lipinski definition) is 1. The third-order valence-corrected chi connectivity index (χ3v) is 9.46. The number of aryl methyl sites for hydroxylation is 1. The van der Waals surface area contributed by atoms with Crippen molar-refractivity contribution < 1.29 is 14.0 Å². The van der Waals surface area contributed by atoms with Gasteiger partial charge in [-0.15, -0.1) is 0 Å². The van der Waals surface area contributed by atoms with Gasteiger partial charge in [-0.2, -0.15) is 0 Å². The molecule has 1 saturated heterocycles. The van der Waals surface area contributed by atoms with Crippen LogP contribution < -0.4 is 11.2 Å². The van der Waals surface area contributed by atoms with E-state index in [2.05, 4.69) is 38.8 Å². The van der Waals surface area contributed by atoms with E-state index in [4.69, 9.17) is 9.16 Å². The summed E-state index contributed by atoms with van der Waals surface area (Å²) in [5.41, 5.74) is -0.557. The molecule has 0 radical (unpaired) electrons. The van der Waals surface area contributed by atoms with E-state index in [1.165, 1.54) is 10.8 Å². The molecular weight excluding hydrogens is 328 g/mol. The van der Waals surface area contributed by atoms with Crippen LogP contribution in [0.4, 0.5) is 0 Å². The molecule has 1 N–H and O–H groups in total. The smallest absolute Gasteiger partial charge is 0.330 e. The van der Waals surface area contributed by atoms with Gasteiger partial charge in [-0.05, 0) is 25.1 Å². The third kappa shape index (κ3) is 3.60. The maximum Gasteiger partial charge on any atom is 0.330 e. The quantitative estimate of drug-likeness (QED) is 0.657. The monoisotopic (exact) mass is 354 g/mol. The van der Waals surface area contributed by atoms with E-state index in [1.807, 2.05) is 0 Å². The van der Waals surface area contributed by atoms with Crippen molar-refractivity contribution in [3.63, 3.8) is 0 Å². The average molecular weight is 354 g/mol. The second kappa shape index (κ2) is 6.42. The zero-order chi connectivity index (χ0) is 18.3. The number of aldehydes is 1. The molecule has 7 nitrogen and oxygen atoms in total. The predicted octanol–water partition coefficient (Wildman–Crippen LogP) is 1.72. The van der Waals surface area contributed by atoms with Crippen LogP contribution in [0.1, 0.15) is 39.0 Å². The Hall–Kier alpha value is -1.51. The van der Waals surface area contributed by atoms with E-state index < -0.39 is 38.0 Å². The first-order chi connectivity index (χ1) is 11.0. The first kappa shape index (κ1) is 18.8. The van der Waals surface area contributed by atoms with Crippen LogP contribution >= 0.6 is 0 Å². The lowest BCUT2D eigenvalue weighted by Gasteiger charge is -2.38. The maximum absolute atomic E-state index is 12.0. The number of ether oxygens (including phenoxy) is 1. The molecule has 8 heteroatoms. The van der Waals surface area contributed by atoms with Crippen LogP contribution in [0.2, 0.25) is 18.1 Å². The minimum atomic E-state index is -2.08. The van der Waals surface area contributed by atoms with Gasteiger partial charge >= 0.3 is 5.69 Å². The van der Waals surface area contributed by atoms with Gasteiger partial charge in [0, 0.05) is 18.2 Å². The van der Waals surface area contributed by atoms with Crippen LogP contribution in [0.15, 0.2) is 15.8 Å². The largest absolute Gasteiger partial charge is 0.411 e. The van der Waals surface area contributed by atoms with Gasteiger partial charge in [0.05, 0.1) is 6.10 Å². The van der Waals surface area contributed by atoms with Gasteiger partial charge < -0.3 is 14.0 Å². The summed E-state index contributed by atoms with van der Waals surface area (Å²) < 4.78 is 13.3. The highest BCUT2D eigenvalue weighted by Gasteiger charge is 2.45. The fraction of sp³-hybridized carbons (Fsp3) is 0.688. The third-order valence-electron chi connectivity index (χ3n) is 4.96. The molecule has 2 heterocycles. The number of rotatable bonds is 4. The summed E-state index contributed by atoms with van der Waals surface area (Å²) in [5.74, 6) is 0. The number of hydrogen-bond acceptors (Lipinski definition) is 5. The molecule has 1 fully saturated rings. The molecule has 2 rings (SSSR count). The van der Waals surface area contributed by atoms with Crippen molar-refractivity contribution in [3.05, 3.63) is 32.6 Å². The molecule has 0 aliphatic carbocycles. The Morgan fingerprint density at radius 2 is 2.00 bits per heavy atom.